The Bertz CT molecular complexity index is 86.7. The zero-order valence-electron chi connectivity index (χ0n) is 10.2. The van der Waals surface area contributed by atoms with Gasteiger partial charge in [0.2, 0.25) is 0 Å². The Balaban J connectivity index is 4.19. The van der Waals surface area contributed by atoms with Crippen molar-refractivity contribution in [1.29, 1.82) is 0 Å². The van der Waals surface area contributed by atoms with Crippen LogP contribution in [0.2, 0.25) is 0 Å². The third-order valence-electron chi connectivity index (χ3n) is 2.12. The lowest BCUT2D eigenvalue weighted by Crippen LogP contribution is -2.15. The molecule has 0 aromatic heterocycles. The maximum absolute atomic E-state index is 7.21. The summed E-state index contributed by atoms with van der Waals surface area (Å²) in [7, 11) is 0. The molecule has 0 nitrogen and oxygen atoms in total. The fourth-order valence-corrected chi connectivity index (χ4v) is 0.750. The van der Waals surface area contributed by atoms with E-state index in [1.54, 1.807) is 0 Å². The van der Waals surface area contributed by atoms with E-state index in [1.165, 1.54) is 0 Å². The fraction of sp³-hybridized carbons (Fsp3) is 1.00. The summed E-state index contributed by atoms with van der Waals surface area (Å²) in [5.41, 5.74) is -0.0486. The maximum Gasteiger partial charge on any atom is 0.0231 e. The van der Waals surface area contributed by atoms with Crippen molar-refractivity contribution in [2.75, 3.05) is 0 Å². The van der Waals surface area contributed by atoms with E-state index in [0.717, 1.165) is 25.7 Å². The molecule has 0 spiro atoms. The van der Waals surface area contributed by atoms with Gasteiger partial charge in [-0.15, -0.1) is 0 Å². The first-order chi connectivity index (χ1) is 6.24. The van der Waals surface area contributed by atoms with Gasteiger partial charge < -0.3 is 0 Å². The SMILES string of the molecule is [2H]CCC(CC[2H])(CC[2H])CC[2H]. The zero-order chi connectivity index (χ0) is 10.2. The van der Waals surface area contributed by atoms with Crippen LogP contribution in [0.1, 0.15) is 58.8 Å². The van der Waals surface area contributed by atoms with Crippen LogP contribution in [0.25, 0.3) is 0 Å². The van der Waals surface area contributed by atoms with Crippen molar-refractivity contribution in [2.24, 2.45) is 5.41 Å². The summed E-state index contributed by atoms with van der Waals surface area (Å²) < 4.78 is 28.8. The van der Waals surface area contributed by atoms with E-state index in [9.17, 15) is 0 Å². The van der Waals surface area contributed by atoms with Gasteiger partial charge in [-0.1, -0.05) is 53.3 Å². The number of hydrogen-bond donors (Lipinski definition) is 0. The van der Waals surface area contributed by atoms with Crippen LogP contribution in [-0.2, 0) is 0 Å². The van der Waals surface area contributed by atoms with Gasteiger partial charge in [-0.3, -0.25) is 0 Å². The quantitative estimate of drug-likeness (QED) is 0.548. The molecule has 0 saturated carbocycles. The van der Waals surface area contributed by atoms with Gasteiger partial charge in [0.15, 0.2) is 0 Å². The Morgan fingerprint density at radius 3 is 1.44 bits per heavy atom. The summed E-state index contributed by atoms with van der Waals surface area (Å²) in [4.78, 5) is 0. The van der Waals surface area contributed by atoms with Gasteiger partial charge in [-0.2, -0.15) is 0 Å². The van der Waals surface area contributed by atoms with Crippen molar-refractivity contribution in [2.45, 2.75) is 53.3 Å². The summed E-state index contributed by atoms with van der Waals surface area (Å²) in [5.74, 6) is 0. The van der Waals surface area contributed by atoms with Crippen LogP contribution in [0.5, 0.6) is 0 Å². The molecule has 0 aliphatic carbocycles. The molecule has 0 heterocycles. The molecular formula is C9H20. The van der Waals surface area contributed by atoms with Crippen LogP contribution in [0.4, 0.5) is 0 Å². The van der Waals surface area contributed by atoms with E-state index >= 15 is 0 Å². The first-order valence-corrected chi connectivity index (χ1v) is 3.41. The second-order valence-electron chi connectivity index (χ2n) is 2.50. The molecular weight excluding hydrogens is 108 g/mol. The van der Waals surface area contributed by atoms with Crippen LogP contribution in [-0.4, -0.2) is 0 Å². The zero-order valence-corrected chi connectivity index (χ0v) is 6.16. The Hall–Kier alpha value is 0. The Morgan fingerprint density at radius 2 is 1.22 bits per heavy atom. The van der Waals surface area contributed by atoms with E-state index in [1.807, 2.05) is 0 Å². The predicted molar refractivity (Wildman–Crippen MR) is 43.6 cm³/mol. The fourth-order valence-electron chi connectivity index (χ4n) is 0.750. The standard InChI is InChI=1S/C9H20/c1-5-9(6-2,7-3)8-4/h5-8H2,1-4H3/i1D,2D,3D,4D. The number of hydrogen-bond acceptors (Lipinski definition) is 0. The highest BCUT2D eigenvalue weighted by atomic mass is 14.3. The van der Waals surface area contributed by atoms with Gasteiger partial charge in [-0.25, -0.2) is 0 Å². The van der Waals surface area contributed by atoms with Crippen molar-refractivity contribution in [3.63, 3.8) is 0 Å². The van der Waals surface area contributed by atoms with Gasteiger partial charge in [-0.05, 0) is 5.41 Å². The van der Waals surface area contributed by atoms with Crippen molar-refractivity contribution in [3.8, 4) is 0 Å². The third kappa shape index (κ3) is 2.00. The lowest BCUT2D eigenvalue weighted by Gasteiger charge is -2.28. The van der Waals surface area contributed by atoms with E-state index in [0.29, 0.717) is 27.6 Å². The molecule has 0 bridgehead atoms. The van der Waals surface area contributed by atoms with E-state index < -0.39 is 0 Å². The Kier molecular flexibility index (Phi) is 1.74. The third-order valence-corrected chi connectivity index (χ3v) is 2.12. The largest absolute Gasteiger partial charge is 0.0649 e. The molecule has 0 radical (unpaired) electrons. The summed E-state index contributed by atoms with van der Waals surface area (Å²) in [6.07, 6.45) is 3.01. The van der Waals surface area contributed by atoms with Gasteiger partial charge in [0, 0.05) is 5.48 Å². The predicted octanol–water partition coefficient (Wildman–Crippen LogP) is 3.61. The molecule has 0 fully saturated rings. The minimum atomic E-state index is -0.0486. The minimum absolute atomic E-state index is 0.0486. The second kappa shape index (κ2) is 3.92. The smallest absolute Gasteiger partial charge is 0.0231 e. The highest BCUT2D eigenvalue weighted by Gasteiger charge is 2.20. The van der Waals surface area contributed by atoms with E-state index in [2.05, 4.69) is 0 Å². The highest BCUT2D eigenvalue weighted by molar-refractivity contribution is 4.72. The van der Waals surface area contributed by atoms with E-state index in [4.69, 9.17) is 5.48 Å². The van der Waals surface area contributed by atoms with Gasteiger partial charge in [0.05, 0.1) is 0 Å². The molecule has 0 N–H and O–H groups in total. The summed E-state index contributed by atoms with van der Waals surface area (Å²) in [6, 6.07) is 0. The molecule has 0 aliphatic rings. The summed E-state index contributed by atoms with van der Waals surface area (Å²) in [5, 5.41) is 0. The second-order valence-corrected chi connectivity index (χ2v) is 2.50. The number of rotatable bonds is 4. The molecule has 0 saturated heterocycles. The van der Waals surface area contributed by atoms with Gasteiger partial charge in [0.25, 0.3) is 0 Å². The van der Waals surface area contributed by atoms with Crippen LogP contribution >= 0.6 is 0 Å². The first-order valence-electron chi connectivity index (χ1n) is 6.24. The molecule has 0 heteroatoms. The van der Waals surface area contributed by atoms with Crippen molar-refractivity contribution in [1.82, 2.24) is 0 Å². The minimum Gasteiger partial charge on any atom is -0.0649 e. The molecule has 9 heavy (non-hydrogen) atoms. The van der Waals surface area contributed by atoms with Gasteiger partial charge in [0.1, 0.15) is 0 Å². The highest BCUT2D eigenvalue weighted by Crippen LogP contribution is 2.33. The summed E-state index contributed by atoms with van der Waals surface area (Å²) >= 11 is 0. The van der Waals surface area contributed by atoms with Crippen LogP contribution in [0.3, 0.4) is 0 Å². The van der Waals surface area contributed by atoms with Crippen molar-refractivity contribution < 1.29 is 5.48 Å². The molecule has 56 valence electrons. The normalized spacial score (nSPS) is 17.8. The van der Waals surface area contributed by atoms with Crippen molar-refractivity contribution >= 4 is 0 Å². The lowest BCUT2D eigenvalue weighted by molar-refractivity contribution is 0.240. The average Bonchev–Trinajstić information content (AvgIpc) is 2.06. The first kappa shape index (κ1) is 4.00. The van der Waals surface area contributed by atoms with Crippen LogP contribution < -0.4 is 0 Å². The molecule has 0 aliphatic heterocycles. The topological polar surface area (TPSA) is 0 Å². The van der Waals surface area contributed by atoms with Crippen molar-refractivity contribution in [3.05, 3.63) is 0 Å². The molecule has 0 aromatic rings. The monoisotopic (exact) mass is 132 g/mol. The molecule has 0 unspecified atom stereocenters. The van der Waals surface area contributed by atoms with Crippen LogP contribution in [0, 0.1) is 5.41 Å². The molecule has 0 rings (SSSR count). The maximum atomic E-state index is 7.21. The summed E-state index contributed by atoms with van der Waals surface area (Å²) in [6.45, 7) is 1.44. The molecule has 0 aromatic carbocycles. The van der Waals surface area contributed by atoms with Gasteiger partial charge >= 0.3 is 0 Å². The molecule has 0 atom stereocenters. The molecule has 0 amide bonds. The van der Waals surface area contributed by atoms with Crippen LogP contribution in [0.15, 0.2) is 0 Å². The Labute approximate surface area is 65.3 Å². The average molecular weight is 132 g/mol. The Morgan fingerprint density at radius 1 is 0.889 bits per heavy atom. The van der Waals surface area contributed by atoms with E-state index in [-0.39, 0.29) is 5.41 Å². The lowest BCUT2D eigenvalue weighted by atomic mass is 9.78.